The monoisotopic (exact) mass is 362 g/mol. The number of methoxy groups -OCH3 is 1. The van der Waals surface area contributed by atoms with E-state index in [4.69, 9.17) is 4.74 Å². The third kappa shape index (κ3) is 3.24. The molecule has 0 bridgehead atoms. The normalized spacial score (nSPS) is 10.9. The molecule has 0 atom stereocenters. The largest absolute Gasteiger partial charge is 0.497 e. The van der Waals surface area contributed by atoms with Gasteiger partial charge in [0.05, 0.1) is 30.7 Å². The first kappa shape index (κ1) is 16.8. The third-order valence-electron chi connectivity index (χ3n) is 4.21. The van der Waals surface area contributed by atoms with Crippen LogP contribution >= 0.6 is 0 Å². The molecule has 0 saturated carbocycles. The molecule has 0 spiro atoms. The topological polar surface area (TPSA) is 86.3 Å². The van der Waals surface area contributed by atoms with E-state index in [0.29, 0.717) is 23.4 Å². The summed E-state index contributed by atoms with van der Waals surface area (Å²) in [6.07, 6.45) is 5.26. The van der Waals surface area contributed by atoms with Crippen LogP contribution in [0.25, 0.3) is 11.3 Å². The number of hydrogen-bond donors (Lipinski definition) is 1. The zero-order chi connectivity index (χ0) is 18.8. The second-order valence-corrected chi connectivity index (χ2v) is 5.98. The van der Waals surface area contributed by atoms with Gasteiger partial charge in [-0.1, -0.05) is 0 Å². The highest BCUT2D eigenvalue weighted by molar-refractivity contribution is 6.00. The molecule has 0 aliphatic rings. The summed E-state index contributed by atoms with van der Waals surface area (Å²) in [5.41, 5.74) is 3.31. The fraction of sp³-hybridized carbons (Fsp3) is 0.158. The molecule has 27 heavy (non-hydrogen) atoms. The lowest BCUT2D eigenvalue weighted by Gasteiger charge is -2.04. The van der Waals surface area contributed by atoms with Gasteiger partial charge in [-0.3, -0.25) is 4.79 Å². The molecule has 8 nitrogen and oxygen atoms in total. The van der Waals surface area contributed by atoms with Gasteiger partial charge in [0, 0.05) is 18.6 Å². The molecular weight excluding hydrogens is 344 g/mol. The number of ether oxygens (including phenoxy) is 1. The van der Waals surface area contributed by atoms with Gasteiger partial charge in [0.2, 0.25) is 0 Å². The van der Waals surface area contributed by atoms with E-state index in [-0.39, 0.29) is 5.91 Å². The predicted molar refractivity (Wildman–Crippen MR) is 99.0 cm³/mol. The van der Waals surface area contributed by atoms with Crippen LogP contribution in [0.3, 0.4) is 0 Å². The van der Waals surface area contributed by atoms with E-state index in [0.717, 1.165) is 17.1 Å². The maximum atomic E-state index is 12.6. The number of carbonyl (C=O) groups excluding carboxylic acids is 1. The van der Waals surface area contributed by atoms with Crippen LogP contribution in [0.1, 0.15) is 21.7 Å². The number of nitrogens with zero attached hydrogens (tertiary/aromatic N) is 5. The molecule has 1 aromatic carbocycles. The van der Waals surface area contributed by atoms with Crippen molar-refractivity contribution in [3.8, 4) is 11.4 Å². The molecular formula is C19H18N6O2. The SMILES string of the molecule is COc1ccc(-n2ccc(CNC(=O)c3c(C)nn4cccnc34)n2)cc1. The Balaban J connectivity index is 1.48. The van der Waals surface area contributed by atoms with E-state index in [1.165, 1.54) is 0 Å². The lowest BCUT2D eigenvalue weighted by Crippen LogP contribution is -2.23. The van der Waals surface area contributed by atoms with Crippen LogP contribution in [-0.2, 0) is 6.54 Å². The first-order chi connectivity index (χ1) is 13.2. The smallest absolute Gasteiger partial charge is 0.257 e. The maximum absolute atomic E-state index is 12.6. The number of carbonyl (C=O) groups is 1. The van der Waals surface area contributed by atoms with Crippen molar-refractivity contribution in [2.24, 2.45) is 0 Å². The minimum absolute atomic E-state index is 0.222. The Morgan fingerprint density at radius 1 is 1.15 bits per heavy atom. The minimum atomic E-state index is -0.222. The van der Waals surface area contributed by atoms with Crippen LogP contribution in [0.5, 0.6) is 5.75 Å². The van der Waals surface area contributed by atoms with Crippen molar-refractivity contribution < 1.29 is 9.53 Å². The number of fused-ring (bicyclic) bond motifs is 1. The second-order valence-electron chi connectivity index (χ2n) is 5.98. The average Bonchev–Trinajstić information content (AvgIpc) is 3.30. The van der Waals surface area contributed by atoms with Crippen LogP contribution in [-0.4, -0.2) is 37.4 Å². The van der Waals surface area contributed by atoms with Gasteiger partial charge < -0.3 is 10.1 Å². The first-order valence-corrected chi connectivity index (χ1v) is 8.43. The van der Waals surface area contributed by atoms with Crippen LogP contribution in [0.15, 0.2) is 55.0 Å². The van der Waals surface area contributed by atoms with Crippen LogP contribution in [0, 0.1) is 6.92 Å². The van der Waals surface area contributed by atoms with E-state index >= 15 is 0 Å². The standard InChI is InChI=1S/C19H18N6O2/c1-13-17(18-20-9-3-10-25(18)22-13)19(26)21-12-14-8-11-24(23-14)15-4-6-16(27-2)7-5-15/h3-11H,12H2,1-2H3,(H,21,26). The maximum Gasteiger partial charge on any atom is 0.257 e. The van der Waals surface area contributed by atoms with Gasteiger partial charge in [-0.15, -0.1) is 0 Å². The summed E-state index contributed by atoms with van der Waals surface area (Å²) in [4.78, 5) is 16.9. The molecule has 4 rings (SSSR count). The Hall–Kier alpha value is -3.68. The minimum Gasteiger partial charge on any atom is -0.497 e. The fourth-order valence-electron chi connectivity index (χ4n) is 2.86. The summed E-state index contributed by atoms with van der Waals surface area (Å²) in [5, 5.41) is 11.7. The Kier molecular flexibility index (Phi) is 4.29. The lowest BCUT2D eigenvalue weighted by molar-refractivity contribution is 0.0951. The van der Waals surface area contributed by atoms with Gasteiger partial charge in [0.15, 0.2) is 5.65 Å². The highest BCUT2D eigenvalue weighted by Crippen LogP contribution is 2.15. The lowest BCUT2D eigenvalue weighted by atomic mass is 10.2. The van der Waals surface area contributed by atoms with E-state index < -0.39 is 0 Å². The van der Waals surface area contributed by atoms with Gasteiger partial charge in [-0.05, 0) is 43.3 Å². The summed E-state index contributed by atoms with van der Waals surface area (Å²) in [6.45, 7) is 2.10. The molecule has 1 N–H and O–H groups in total. The first-order valence-electron chi connectivity index (χ1n) is 8.43. The van der Waals surface area contributed by atoms with Crippen LogP contribution < -0.4 is 10.1 Å². The van der Waals surface area contributed by atoms with Crippen molar-refractivity contribution in [2.75, 3.05) is 7.11 Å². The van der Waals surface area contributed by atoms with Gasteiger partial charge in [0.1, 0.15) is 11.3 Å². The van der Waals surface area contributed by atoms with E-state index in [2.05, 4.69) is 20.5 Å². The number of aryl methyl sites for hydroxylation is 1. The molecule has 4 aromatic rings. The van der Waals surface area contributed by atoms with Crippen molar-refractivity contribution >= 4 is 11.6 Å². The molecule has 0 unspecified atom stereocenters. The number of aromatic nitrogens is 5. The molecule has 1 amide bonds. The molecule has 3 aromatic heterocycles. The average molecular weight is 362 g/mol. The van der Waals surface area contributed by atoms with Crippen LogP contribution in [0.4, 0.5) is 0 Å². The van der Waals surface area contributed by atoms with Crippen molar-refractivity contribution in [2.45, 2.75) is 13.5 Å². The van der Waals surface area contributed by atoms with Gasteiger partial charge in [0.25, 0.3) is 5.91 Å². The number of rotatable bonds is 5. The molecule has 3 heterocycles. The molecule has 136 valence electrons. The van der Waals surface area contributed by atoms with E-state index in [1.807, 2.05) is 36.5 Å². The van der Waals surface area contributed by atoms with Gasteiger partial charge in [-0.2, -0.15) is 10.2 Å². The van der Waals surface area contributed by atoms with Gasteiger partial charge in [-0.25, -0.2) is 14.2 Å². The highest BCUT2D eigenvalue weighted by Gasteiger charge is 2.18. The summed E-state index contributed by atoms with van der Waals surface area (Å²) in [5.74, 6) is 0.566. The van der Waals surface area contributed by atoms with Gasteiger partial charge >= 0.3 is 0 Å². The molecule has 0 fully saturated rings. The Morgan fingerprint density at radius 3 is 2.74 bits per heavy atom. The molecule has 8 heteroatoms. The predicted octanol–water partition coefficient (Wildman–Crippen LogP) is 2.16. The Labute approximate surface area is 155 Å². The van der Waals surface area contributed by atoms with Crippen molar-refractivity contribution in [3.63, 3.8) is 0 Å². The van der Waals surface area contributed by atoms with Crippen molar-refractivity contribution in [1.29, 1.82) is 0 Å². The second kappa shape index (κ2) is 6.91. The van der Waals surface area contributed by atoms with Crippen molar-refractivity contribution in [1.82, 2.24) is 29.7 Å². The zero-order valence-corrected chi connectivity index (χ0v) is 15.0. The highest BCUT2D eigenvalue weighted by atomic mass is 16.5. The molecule has 0 aliphatic heterocycles. The number of nitrogens with one attached hydrogen (secondary N) is 1. The Morgan fingerprint density at radius 2 is 1.96 bits per heavy atom. The summed E-state index contributed by atoms with van der Waals surface area (Å²) in [7, 11) is 1.63. The third-order valence-corrected chi connectivity index (χ3v) is 4.21. The fourth-order valence-corrected chi connectivity index (χ4v) is 2.86. The molecule has 0 saturated heterocycles. The zero-order valence-electron chi connectivity index (χ0n) is 15.0. The summed E-state index contributed by atoms with van der Waals surface area (Å²) < 4.78 is 8.51. The van der Waals surface area contributed by atoms with Crippen LogP contribution in [0.2, 0.25) is 0 Å². The quantitative estimate of drug-likeness (QED) is 0.588. The summed E-state index contributed by atoms with van der Waals surface area (Å²) in [6, 6.07) is 11.2. The van der Waals surface area contributed by atoms with E-state index in [1.54, 1.807) is 41.7 Å². The Bertz CT molecular complexity index is 1100. The summed E-state index contributed by atoms with van der Waals surface area (Å²) >= 11 is 0. The molecule has 0 radical (unpaired) electrons. The van der Waals surface area contributed by atoms with E-state index in [9.17, 15) is 4.79 Å². The number of hydrogen-bond acceptors (Lipinski definition) is 5. The number of amides is 1. The number of benzene rings is 1. The molecule has 0 aliphatic carbocycles. The van der Waals surface area contributed by atoms with Crippen molar-refractivity contribution in [3.05, 3.63) is 71.9 Å².